The van der Waals surface area contributed by atoms with Gasteiger partial charge in [0, 0.05) is 12.4 Å². The summed E-state index contributed by atoms with van der Waals surface area (Å²) < 4.78 is 1.54. The smallest absolute Gasteiger partial charge is 0.328 e. The number of rotatable bonds is 3. The van der Waals surface area contributed by atoms with Gasteiger partial charge in [-0.3, -0.25) is 4.57 Å². The number of nitrogen functional groups attached to an aromatic ring is 1. The molecule has 1 aromatic carbocycles. The molecule has 0 atom stereocenters. The Morgan fingerprint density at radius 3 is 2.58 bits per heavy atom. The Bertz CT molecular complexity index is 1050. The van der Waals surface area contributed by atoms with Crippen LogP contribution < -0.4 is 11.4 Å². The average Bonchev–Trinajstić information content (AvgIpc) is 2.93. The molecule has 0 bridgehead atoms. The Morgan fingerprint density at radius 2 is 1.83 bits per heavy atom. The molecule has 0 saturated carbocycles. The number of hydrogen-bond donors (Lipinski definition) is 2. The summed E-state index contributed by atoms with van der Waals surface area (Å²) in [4.78, 5) is 31.7. The van der Waals surface area contributed by atoms with E-state index in [2.05, 4.69) is 24.9 Å². The summed E-state index contributed by atoms with van der Waals surface area (Å²) in [6.07, 6.45) is 4.62. The normalized spacial score (nSPS) is 11.0. The largest absolute Gasteiger partial charge is 0.382 e. The van der Waals surface area contributed by atoms with Crippen LogP contribution >= 0.6 is 0 Å². The zero-order valence-electron chi connectivity index (χ0n) is 12.5. The molecule has 3 heterocycles. The number of aromatic nitrogens is 6. The van der Waals surface area contributed by atoms with Gasteiger partial charge < -0.3 is 10.7 Å². The van der Waals surface area contributed by atoms with Crippen molar-refractivity contribution in [1.29, 1.82) is 0 Å². The molecular weight excluding hydrogens is 306 g/mol. The lowest BCUT2D eigenvalue weighted by Crippen LogP contribution is -2.17. The lowest BCUT2D eigenvalue weighted by atomic mass is 10.2. The highest BCUT2D eigenvalue weighted by Crippen LogP contribution is 2.20. The first kappa shape index (κ1) is 14.1. The molecule has 3 aromatic heterocycles. The second kappa shape index (κ2) is 5.58. The molecule has 0 saturated heterocycles. The standard InChI is InChI=1S/C16H13N7O/c17-13-12-15(22-14(21-13)11-6-18-9-19-7-11)23(16(24)20-12)8-10-4-2-1-3-5-10/h1-7,9H,8H2,(H,20,24)(H2,17,21,22). The van der Waals surface area contributed by atoms with E-state index in [1.165, 1.54) is 10.9 Å². The number of aromatic amines is 1. The maximum atomic E-state index is 12.3. The number of nitrogens with one attached hydrogen (secondary N) is 1. The molecule has 24 heavy (non-hydrogen) atoms. The highest BCUT2D eigenvalue weighted by molar-refractivity contribution is 5.83. The molecule has 0 unspecified atom stereocenters. The highest BCUT2D eigenvalue weighted by atomic mass is 16.1. The Hall–Kier alpha value is -3.55. The molecule has 0 aliphatic carbocycles. The lowest BCUT2D eigenvalue weighted by Gasteiger charge is -2.05. The summed E-state index contributed by atoms with van der Waals surface area (Å²) >= 11 is 0. The van der Waals surface area contributed by atoms with Crippen LogP contribution in [-0.4, -0.2) is 29.5 Å². The minimum absolute atomic E-state index is 0.211. The fraction of sp³-hybridized carbons (Fsp3) is 0.0625. The maximum absolute atomic E-state index is 12.3. The summed E-state index contributed by atoms with van der Waals surface area (Å²) in [5, 5.41) is 0. The van der Waals surface area contributed by atoms with E-state index in [0.29, 0.717) is 29.1 Å². The van der Waals surface area contributed by atoms with Gasteiger partial charge in [-0.1, -0.05) is 30.3 Å². The molecule has 0 radical (unpaired) electrons. The van der Waals surface area contributed by atoms with Crippen molar-refractivity contribution in [3.05, 3.63) is 65.1 Å². The molecule has 4 rings (SSSR count). The van der Waals surface area contributed by atoms with Crippen LogP contribution in [0.25, 0.3) is 22.6 Å². The van der Waals surface area contributed by atoms with Crippen LogP contribution in [0, 0.1) is 0 Å². The van der Waals surface area contributed by atoms with Crippen LogP contribution in [0.5, 0.6) is 0 Å². The van der Waals surface area contributed by atoms with Crippen molar-refractivity contribution in [2.75, 3.05) is 5.73 Å². The number of benzene rings is 1. The van der Waals surface area contributed by atoms with Gasteiger partial charge >= 0.3 is 5.69 Å². The molecule has 118 valence electrons. The molecule has 0 aliphatic rings. The summed E-state index contributed by atoms with van der Waals surface area (Å²) in [7, 11) is 0. The number of anilines is 1. The average molecular weight is 319 g/mol. The van der Waals surface area contributed by atoms with Crippen LogP contribution in [0.4, 0.5) is 5.82 Å². The molecule has 0 fully saturated rings. The predicted molar refractivity (Wildman–Crippen MR) is 89.1 cm³/mol. The summed E-state index contributed by atoms with van der Waals surface area (Å²) in [6.45, 7) is 0.390. The Morgan fingerprint density at radius 1 is 1.08 bits per heavy atom. The third-order valence-electron chi connectivity index (χ3n) is 3.65. The fourth-order valence-corrected chi connectivity index (χ4v) is 2.51. The van der Waals surface area contributed by atoms with Crippen molar-refractivity contribution in [1.82, 2.24) is 29.5 Å². The topological polar surface area (TPSA) is 115 Å². The van der Waals surface area contributed by atoms with Crippen molar-refractivity contribution in [3.8, 4) is 11.4 Å². The van der Waals surface area contributed by atoms with E-state index in [-0.39, 0.29) is 11.5 Å². The number of imidazole rings is 1. The van der Waals surface area contributed by atoms with Gasteiger partial charge in [-0.25, -0.2) is 24.7 Å². The number of hydrogen-bond acceptors (Lipinski definition) is 6. The molecule has 8 heteroatoms. The van der Waals surface area contributed by atoms with E-state index < -0.39 is 0 Å². The zero-order valence-corrected chi connectivity index (χ0v) is 12.5. The van der Waals surface area contributed by atoms with E-state index in [4.69, 9.17) is 5.73 Å². The molecule has 0 amide bonds. The van der Waals surface area contributed by atoms with E-state index >= 15 is 0 Å². The van der Waals surface area contributed by atoms with Crippen molar-refractivity contribution in [3.63, 3.8) is 0 Å². The van der Waals surface area contributed by atoms with Crippen molar-refractivity contribution in [2.45, 2.75) is 6.54 Å². The van der Waals surface area contributed by atoms with Gasteiger partial charge in [0.05, 0.1) is 12.1 Å². The Kier molecular flexibility index (Phi) is 3.27. The van der Waals surface area contributed by atoms with Crippen LogP contribution in [0.15, 0.2) is 53.8 Å². The molecule has 3 N–H and O–H groups in total. The summed E-state index contributed by atoms with van der Waals surface area (Å²) in [5.74, 6) is 0.587. The molecular formula is C16H13N7O. The van der Waals surface area contributed by atoms with E-state index in [1.54, 1.807) is 12.4 Å². The monoisotopic (exact) mass is 319 g/mol. The number of H-pyrrole nitrogens is 1. The molecule has 8 nitrogen and oxygen atoms in total. The number of fused-ring (bicyclic) bond motifs is 1. The zero-order chi connectivity index (χ0) is 16.5. The van der Waals surface area contributed by atoms with Gasteiger partial charge in [0.25, 0.3) is 0 Å². The third-order valence-corrected chi connectivity index (χ3v) is 3.65. The van der Waals surface area contributed by atoms with E-state index in [9.17, 15) is 4.79 Å². The van der Waals surface area contributed by atoms with E-state index in [1.807, 2.05) is 30.3 Å². The van der Waals surface area contributed by atoms with Crippen LogP contribution in [0.3, 0.4) is 0 Å². The SMILES string of the molecule is Nc1nc(-c2cncnc2)nc2c1[nH]c(=O)n2Cc1ccccc1. The highest BCUT2D eigenvalue weighted by Gasteiger charge is 2.15. The second-order valence-electron chi connectivity index (χ2n) is 5.26. The van der Waals surface area contributed by atoms with Crippen LogP contribution in [0.2, 0.25) is 0 Å². The Balaban J connectivity index is 1.90. The van der Waals surface area contributed by atoms with Crippen molar-refractivity contribution < 1.29 is 0 Å². The first-order chi connectivity index (χ1) is 11.7. The Labute approximate surface area is 136 Å². The van der Waals surface area contributed by atoms with Crippen LogP contribution in [-0.2, 0) is 6.54 Å². The quantitative estimate of drug-likeness (QED) is 0.586. The summed E-state index contributed by atoms with van der Waals surface area (Å²) in [5.41, 5.74) is 8.21. The van der Waals surface area contributed by atoms with E-state index in [0.717, 1.165) is 5.56 Å². The van der Waals surface area contributed by atoms with Gasteiger partial charge in [-0.15, -0.1) is 0 Å². The third kappa shape index (κ3) is 2.39. The lowest BCUT2D eigenvalue weighted by molar-refractivity contribution is 0.778. The molecule has 4 aromatic rings. The first-order valence-electron chi connectivity index (χ1n) is 7.28. The number of nitrogens with zero attached hydrogens (tertiary/aromatic N) is 5. The fourth-order valence-electron chi connectivity index (χ4n) is 2.51. The number of nitrogens with two attached hydrogens (primary N) is 1. The predicted octanol–water partition coefficient (Wildman–Crippen LogP) is 1.21. The second-order valence-corrected chi connectivity index (χ2v) is 5.26. The minimum atomic E-state index is -0.281. The van der Waals surface area contributed by atoms with Crippen molar-refractivity contribution >= 4 is 17.0 Å². The van der Waals surface area contributed by atoms with Gasteiger partial charge in [0.2, 0.25) is 0 Å². The molecule has 0 spiro atoms. The van der Waals surface area contributed by atoms with Gasteiger partial charge in [-0.05, 0) is 5.56 Å². The van der Waals surface area contributed by atoms with Gasteiger partial charge in [-0.2, -0.15) is 0 Å². The maximum Gasteiger partial charge on any atom is 0.328 e. The van der Waals surface area contributed by atoms with Crippen molar-refractivity contribution in [2.24, 2.45) is 0 Å². The van der Waals surface area contributed by atoms with Gasteiger partial charge in [0.1, 0.15) is 11.8 Å². The molecule has 0 aliphatic heterocycles. The van der Waals surface area contributed by atoms with Gasteiger partial charge in [0.15, 0.2) is 17.3 Å². The van der Waals surface area contributed by atoms with Crippen LogP contribution in [0.1, 0.15) is 5.56 Å². The summed E-state index contributed by atoms with van der Waals surface area (Å²) in [6, 6.07) is 9.66. The minimum Gasteiger partial charge on any atom is -0.382 e. The first-order valence-corrected chi connectivity index (χ1v) is 7.28.